The molecular formula is C18H21NO. The van der Waals surface area contributed by atoms with Crippen LogP contribution in [0.4, 0.5) is 0 Å². The van der Waals surface area contributed by atoms with E-state index < -0.39 is 6.10 Å². The van der Waals surface area contributed by atoms with E-state index in [-0.39, 0.29) is 5.41 Å². The average Bonchev–Trinajstić information content (AvgIpc) is 2.88. The Morgan fingerprint density at radius 1 is 0.950 bits per heavy atom. The smallest absolute Gasteiger partial charge is 0.0655 e. The van der Waals surface area contributed by atoms with Crippen LogP contribution in [-0.2, 0) is 19.3 Å². The maximum atomic E-state index is 10.7. The topological polar surface area (TPSA) is 46.2 Å². The summed E-state index contributed by atoms with van der Waals surface area (Å²) in [6.07, 6.45) is 2.04. The maximum absolute atomic E-state index is 10.7. The summed E-state index contributed by atoms with van der Waals surface area (Å²) in [5, 5.41) is 10.7. The van der Waals surface area contributed by atoms with E-state index in [1.54, 1.807) is 0 Å². The molecule has 1 aliphatic carbocycles. The Hall–Kier alpha value is -1.64. The van der Waals surface area contributed by atoms with Crippen LogP contribution < -0.4 is 5.73 Å². The molecule has 0 aromatic heterocycles. The number of aliphatic hydroxyl groups is 1. The van der Waals surface area contributed by atoms with Gasteiger partial charge in [-0.05, 0) is 36.0 Å². The van der Waals surface area contributed by atoms with E-state index in [1.807, 2.05) is 18.2 Å². The largest absolute Gasteiger partial charge is 0.392 e. The van der Waals surface area contributed by atoms with Gasteiger partial charge in [0.1, 0.15) is 0 Å². The predicted octanol–water partition coefficient (Wildman–Crippen LogP) is 2.33. The fraction of sp³-hybridized carbons (Fsp3) is 0.333. The second kappa shape index (κ2) is 5.39. The Morgan fingerprint density at radius 2 is 1.50 bits per heavy atom. The summed E-state index contributed by atoms with van der Waals surface area (Å²) in [6.45, 7) is 0.523. The zero-order chi connectivity index (χ0) is 14.0. The highest BCUT2D eigenvalue weighted by Crippen LogP contribution is 2.39. The van der Waals surface area contributed by atoms with Crippen molar-refractivity contribution in [2.75, 3.05) is 6.54 Å². The predicted molar refractivity (Wildman–Crippen MR) is 81.5 cm³/mol. The summed E-state index contributed by atoms with van der Waals surface area (Å²) in [5.74, 6) is 0. The van der Waals surface area contributed by atoms with Crippen molar-refractivity contribution in [1.29, 1.82) is 0 Å². The lowest BCUT2D eigenvalue weighted by atomic mass is 9.77. The van der Waals surface area contributed by atoms with E-state index in [2.05, 4.69) is 36.4 Å². The molecule has 104 valence electrons. The summed E-state index contributed by atoms with van der Waals surface area (Å²) in [4.78, 5) is 0. The number of hydrogen-bond acceptors (Lipinski definition) is 2. The van der Waals surface area contributed by atoms with Gasteiger partial charge in [0.15, 0.2) is 0 Å². The number of fused-ring (bicyclic) bond motifs is 1. The Balaban J connectivity index is 1.81. The molecule has 2 aromatic rings. The highest BCUT2D eigenvalue weighted by atomic mass is 16.3. The molecule has 0 saturated heterocycles. The molecule has 1 aliphatic rings. The number of benzene rings is 2. The van der Waals surface area contributed by atoms with Crippen LogP contribution in [0, 0.1) is 5.41 Å². The first-order chi connectivity index (χ1) is 9.73. The highest BCUT2D eigenvalue weighted by molar-refractivity contribution is 5.35. The lowest BCUT2D eigenvalue weighted by Crippen LogP contribution is -2.43. The Kier molecular flexibility index (Phi) is 3.60. The molecular weight excluding hydrogens is 246 g/mol. The van der Waals surface area contributed by atoms with Crippen molar-refractivity contribution in [2.24, 2.45) is 11.1 Å². The molecule has 1 unspecified atom stereocenters. The molecule has 0 aliphatic heterocycles. The lowest BCUT2D eigenvalue weighted by molar-refractivity contribution is 0.0375. The normalized spacial score (nSPS) is 17.7. The number of rotatable bonds is 4. The minimum atomic E-state index is -0.401. The molecule has 0 radical (unpaired) electrons. The first-order valence-electron chi connectivity index (χ1n) is 7.22. The molecule has 3 rings (SSSR count). The maximum Gasteiger partial charge on any atom is 0.0655 e. The Bertz CT molecular complexity index is 554. The van der Waals surface area contributed by atoms with Gasteiger partial charge in [0.2, 0.25) is 0 Å². The quantitative estimate of drug-likeness (QED) is 0.893. The third-order valence-electron chi connectivity index (χ3n) is 4.59. The van der Waals surface area contributed by atoms with Crippen molar-refractivity contribution >= 4 is 0 Å². The van der Waals surface area contributed by atoms with Crippen LogP contribution in [0.15, 0.2) is 54.6 Å². The molecule has 3 N–H and O–H groups in total. The molecule has 2 nitrogen and oxygen atoms in total. The first-order valence-corrected chi connectivity index (χ1v) is 7.22. The van der Waals surface area contributed by atoms with Crippen LogP contribution in [0.25, 0.3) is 0 Å². The molecule has 0 spiro atoms. The van der Waals surface area contributed by atoms with Crippen molar-refractivity contribution in [1.82, 2.24) is 0 Å². The summed E-state index contributed by atoms with van der Waals surface area (Å²) in [7, 11) is 0. The summed E-state index contributed by atoms with van der Waals surface area (Å²) >= 11 is 0. The highest BCUT2D eigenvalue weighted by Gasteiger charge is 2.41. The van der Waals surface area contributed by atoms with Crippen LogP contribution in [0.1, 0.15) is 16.7 Å². The molecule has 0 amide bonds. The lowest BCUT2D eigenvalue weighted by Gasteiger charge is -2.33. The zero-order valence-corrected chi connectivity index (χ0v) is 11.6. The van der Waals surface area contributed by atoms with Crippen LogP contribution in [0.2, 0.25) is 0 Å². The minimum absolute atomic E-state index is 0.209. The minimum Gasteiger partial charge on any atom is -0.392 e. The summed E-state index contributed by atoms with van der Waals surface area (Å²) in [5.41, 5.74) is 9.68. The molecule has 0 bridgehead atoms. The van der Waals surface area contributed by atoms with Crippen LogP contribution >= 0.6 is 0 Å². The fourth-order valence-electron chi connectivity index (χ4n) is 3.29. The molecule has 1 atom stereocenters. The second-order valence-electron chi connectivity index (χ2n) is 5.89. The van der Waals surface area contributed by atoms with E-state index in [0.717, 1.165) is 12.8 Å². The second-order valence-corrected chi connectivity index (χ2v) is 5.89. The van der Waals surface area contributed by atoms with Gasteiger partial charge in [-0.15, -0.1) is 0 Å². The van der Waals surface area contributed by atoms with Gasteiger partial charge in [-0.3, -0.25) is 0 Å². The molecule has 0 saturated carbocycles. The van der Waals surface area contributed by atoms with Crippen LogP contribution in [-0.4, -0.2) is 17.8 Å². The molecule has 0 fully saturated rings. The van der Waals surface area contributed by atoms with Crippen LogP contribution in [0.3, 0.4) is 0 Å². The monoisotopic (exact) mass is 267 g/mol. The molecule has 2 aromatic carbocycles. The van der Waals surface area contributed by atoms with E-state index in [4.69, 9.17) is 5.73 Å². The standard InChI is InChI=1S/C18H21NO/c19-13-18(11-15-8-4-5-9-16(15)12-18)17(20)10-14-6-2-1-3-7-14/h1-9,17,20H,10-13,19H2. The number of aliphatic hydroxyl groups excluding tert-OH is 1. The van der Waals surface area contributed by atoms with Crippen LogP contribution in [0.5, 0.6) is 0 Å². The van der Waals surface area contributed by atoms with Crippen molar-refractivity contribution in [3.63, 3.8) is 0 Å². The third kappa shape index (κ3) is 2.37. The van der Waals surface area contributed by atoms with Gasteiger partial charge >= 0.3 is 0 Å². The van der Waals surface area contributed by atoms with E-state index in [0.29, 0.717) is 13.0 Å². The van der Waals surface area contributed by atoms with Crippen molar-refractivity contribution < 1.29 is 5.11 Å². The Labute approximate surface area is 120 Å². The zero-order valence-electron chi connectivity index (χ0n) is 11.6. The Morgan fingerprint density at radius 3 is 2.05 bits per heavy atom. The molecule has 0 heterocycles. The fourth-order valence-corrected chi connectivity index (χ4v) is 3.29. The van der Waals surface area contributed by atoms with Gasteiger partial charge in [0.05, 0.1) is 6.10 Å². The third-order valence-corrected chi connectivity index (χ3v) is 4.59. The molecule has 20 heavy (non-hydrogen) atoms. The van der Waals surface area contributed by atoms with E-state index in [1.165, 1.54) is 16.7 Å². The summed E-state index contributed by atoms with van der Waals surface area (Å²) in [6, 6.07) is 18.6. The SMILES string of the molecule is NCC1(C(O)Cc2ccccc2)Cc2ccccc2C1. The summed E-state index contributed by atoms with van der Waals surface area (Å²) < 4.78 is 0. The first kappa shape index (κ1) is 13.3. The number of hydrogen-bond donors (Lipinski definition) is 2. The van der Waals surface area contributed by atoms with Gasteiger partial charge < -0.3 is 10.8 Å². The van der Waals surface area contributed by atoms with Crippen molar-refractivity contribution in [3.8, 4) is 0 Å². The van der Waals surface area contributed by atoms with Gasteiger partial charge in [-0.25, -0.2) is 0 Å². The van der Waals surface area contributed by atoms with Gasteiger partial charge in [0.25, 0.3) is 0 Å². The van der Waals surface area contributed by atoms with Gasteiger partial charge in [-0.2, -0.15) is 0 Å². The van der Waals surface area contributed by atoms with E-state index >= 15 is 0 Å². The van der Waals surface area contributed by atoms with Gasteiger partial charge in [0, 0.05) is 12.0 Å². The van der Waals surface area contributed by atoms with Crippen molar-refractivity contribution in [2.45, 2.75) is 25.4 Å². The van der Waals surface area contributed by atoms with Gasteiger partial charge in [-0.1, -0.05) is 54.6 Å². The van der Waals surface area contributed by atoms with E-state index in [9.17, 15) is 5.11 Å². The average molecular weight is 267 g/mol. The molecule has 2 heteroatoms. The van der Waals surface area contributed by atoms with Crippen molar-refractivity contribution in [3.05, 3.63) is 71.3 Å². The number of nitrogens with two attached hydrogens (primary N) is 1.